The highest BCUT2D eigenvalue weighted by Gasteiger charge is 1.96. The first-order valence-corrected chi connectivity index (χ1v) is 4.15. The van der Waals surface area contributed by atoms with Crippen molar-refractivity contribution in [2.45, 2.75) is 0 Å². The van der Waals surface area contributed by atoms with E-state index in [0.717, 1.165) is 15.7 Å². The van der Waals surface area contributed by atoms with Gasteiger partial charge in [0.15, 0.2) is 0 Å². The van der Waals surface area contributed by atoms with Crippen molar-refractivity contribution < 1.29 is 0 Å². The quantitative estimate of drug-likeness (QED) is 0.686. The molecule has 0 fully saturated rings. The second-order valence-electron chi connectivity index (χ2n) is 2.53. The minimum atomic E-state index is 0.957. The van der Waals surface area contributed by atoms with Crippen molar-refractivity contribution in [2.24, 2.45) is 0 Å². The van der Waals surface area contributed by atoms with Crippen molar-refractivity contribution in [3.8, 4) is 0 Å². The van der Waals surface area contributed by atoms with Crippen LogP contribution >= 0.6 is 15.9 Å². The lowest BCUT2D eigenvalue weighted by atomic mass is 10.2. The Kier molecular flexibility index (Phi) is 1.50. The average Bonchev–Trinajstić information content (AvgIpc) is 2.27. The van der Waals surface area contributed by atoms with Gasteiger partial charge in [-0.15, -0.1) is 0 Å². The number of nitrogens with one attached hydrogen (secondary N) is 1. The molecule has 2 aromatic rings. The van der Waals surface area contributed by atoms with Gasteiger partial charge in [0.05, 0.1) is 0 Å². The molecular weight excluding hydrogens is 202 g/mol. The van der Waals surface area contributed by atoms with Gasteiger partial charge in [-0.3, -0.25) is 0 Å². The van der Waals surface area contributed by atoms with Crippen LogP contribution in [0, 0.1) is 6.92 Å². The minimum Gasteiger partial charge on any atom is -0.358 e. The van der Waals surface area contributed by atoms with Crippen LogP contribution < -0.4 is 0 Å². The Hall–Kier alpha value is -0.760. The van der Waals surface area contributed by atoms with E-state index in [1.54, 1.807) is 0 Å². The van der Waals surface area contributed by atoms with E-state index in [1.165, 1.54) is 5.39 Å². The zero-order valence-electron chi connectivity index (χ0n) is 5.89. The van der Waals surface area contributed by atoms with Crippen LogP contribution in [-0.2, 0) is 0 Å². The molecule has 1 aromatic heterocycles. The molecule has 0 saturated heterocycles. The third-order valence-electron chi connectivity index (χ3n) is 1.64. The molecule has 55 valence electrons. The van der Waals surface area contributed by atoms with Crippen LogP contribution in [0.15, 0.2) is 28.7 Å². The highest BCUT2D eigenvalue weighted by molar-refractivity contribution is 9.10. The minimum absolute atomic E-state index is 0.957. The standard InChI is InChI=1S/C9H7BrN/c1-6-4-7-5-8(10)2-3-9(7)11-6/h2-5,11H,1H2. The van der Waals surface area contributed by atoms with Gasteiger partial charge in [0, 0.05) is 21.1 Å². The lowest BCUT2D eigenvalue weighted by molar-refractivity contribution is 1.39. The maximum Gasteiger partial charge on any atom is 0.0456 e. The first-order valence-electron chi connectivity index (χ1n) is 3.36. The molecule has 0 aliphatic carbocycles. The monoisotopic (exact) mass is 208 g/mol. The molecule has 0 amide bonds. The number of rotatable bonds is 0. The van der Waals surface area contributed by atoms with Gasteiger partial charge in [0.1, 0.15) is 0 Å². The molecule has 2 heteroatoms. The topological polar surface area (TPSA) is 15.8 Å². The van der Waals surface area contributed by atoms with E-state index in [-0.39, 0.29) is 0 Å². The molecule has 2 rings (SSSR count). The molecule has 0 atom stereocenters. The third-order valence-corrected chi connectivity index (χ3v) is 2.13. The van der Waals surface area contributed by atoms with Gasteiger partial charge >= 0.3 is 0 Å². The molecule has 1 heterocycles. The van der Waals surface area contributed by atoms with Gasteiger partial charge in [-0.25, -0.2) is 0 Å². The van der Waals surface area contributed by atoms with Crippen molar-refractivity contribution in [1.82, 2.24) is 4.98 Å². The summed E-state index contributed by atoms with van der Waals surface area (Å²) in [5, 5.41) is 1.20. The van der Waals surface area contributed by atoms with Crippen molar-refractivity contribution in [1.29, 1.82) is 0 Å². The Morgan fingerprint density at radius 2 is 2.09 bits per heavy atom. The largest absolute Gasteiger partial charge is 0.358 e. The summed E-state index contributed by atoms with van der Waals surface area (Å²) in [6, 6.07) is 8.15. The van der Waals surface area contributed by atoms with Crippen molar-refractivity contribution in [3.05, 3.63) is 41.4 Å². The normalized spacial score (nSPS) is 10.7. The Balaban J connectivity index is 2.82. The van der Waals surface area contributed by atoms with Crippen LogP contribution in [0.5, 0.6) is 0 Å². The number of fused-ring (bicyclic) bond motifs is 1. The number of hydrogen-bond acceptors (Lipinski definition) is 0. The van der Waals surface area contributed by atoms with E-state index in [4.69, 9.17) is 0 Å². The highest BCUT2D eigenvalue weighted by atomic mass is 79.9. The molecule has 0 spiro atoms. The predicted molar refractivity (Wildman–Crippen MR) is 50.5 cm³/mol. The van der Waals surface area contributed by atoms with Crippen LogP contribution in [0.3, 0.4) is 0 Å². The molecule has 0 saturated carbocycles. The Bertz CT molecular complexity index is 389. The number of halogens is 1. The fraction of sp³-hybridized carbons (Fsp3) is 0. The summed E-state index contributed by atoms with van der Waals surface area (Å²) < 4.78 is 1.10. The molecule has 0 aliphatic heterocycles. The van der Waals surface area contributed by atoms with Gasteiger partial charge in [-0.2, -0.15) is 0 Å². The first-order chi connectivity index (χ1) is 5.25. The zero-order chi connectivity index (χ0) is 7.84. The molecule has 1 radical (unpaired) electrons. The summed E-state index contributed by atoms with van der Waals surface area (Å²) in [7, 11) is 0. The van der Waals surface area contributed by atoms with Gasteiger partial charge in [-0.1, -0.05) is 15.9 Å². The van der Waals surface area contributed by atoms with Crippen LogP contribution in [0.25, 0.3) is 10.9 Å². The number of aromatic amines is 1. The molecule has 0 aliphatic rings. The molecule has 0 bridgehead atoms. The second-order valence-corrected chi connectivity index (χ2v) is 3.44. The van der Waals surface area contributed by atoms with Crippen molar-refractivity contribution in [3.63, 3.8) is 0 Å². The van der Waals surface area contributed by atoms with Crippen molar-refractivity contribution in [2.75, 3.05) is 0 Å². The summed E-state index contributed by atoms with van der Waals surface area (Å²) in [5.74, 6) is 0. The summed E-state index contributed by atoms with van der Waals surface area (Å²) in [6.45, 7) is 3.82. The van der Waals surface area contributed by atoms with E-state index >= 15 is 0 Å². The number of aromatic nitrogens is 1. The van der Waals surface area contributed by atoms with E-state index in [0.29, 0.717) is 0 Å². The van der Waals surface area contributed by atoms with Gasteiger partial charge in [0.2, 0.25) is 0 Å². The molecule has 0 unspecified atom stereocenters. The average molecular weight is 209 g/mol. The first kappa shape index (κ1) is 6.92. The second kappa shape index (κ2) is 2.38. The maximum atomic E-state index is 3.82. The zero-order valence-corrected chi connectivity index (χ0v) is 7.48. The fourth-order valence-corrected chi connectivity index (χ4v) is 1.54. The Morgan fingerprint density at radius 1 is 1.27 bits per heavy atom. The molecule has 1 aromatic carbocycles. The lowest BCUT2D eigenvalue weighted by Crippen LogP contribution is -1.67. The molecule has 11 heavy (non-hydrogen) atoms. The summed E-state index contributed by atoms with van der Waals surface area (Å²) >= 11 is 3.41. The van der Waals surface area contributed by atoms with Crippen LogP contribution in [0.2, 0.25) is 0 Å². The van der Waals surface area contributed by atoms with Crippen LogP contribution in [-0.4, -0.2) is 4.98 Å². The van der Waals surface area contributed by atoms with Gasteiger partial charge < -0.3 is 4.98 Å². The molecular formula is C9H7BrN. The van der Waals surface area contributed by atoms with Crippen LogP contribution in [0.4, 0.5) is 0 Å². The number of hydrogen-bond donors (Lipinski definition) is 1. The summed E-state index contributed by atoms with van der Waals surface area (Å²) in [4.78, 5) is 3.15. The Morgan fingerprint density at radius 3 is 2.91 bits per heavy atom. The smallest absolute Gasteiger partial charge is 0.0456 e. The number of benzene rings is 1. The summed E-state index contributed by atoms with van der Waals surface area (Å²) in [6.07, 6.45) is 0. The number of H-pyrrole nitrogens is 1. The van der Waals surface area contributed by atoms with E-state index < -0.39 is 0 Å². The highest BCUT2D eigenvalue weighted by Crippen LogP contribution is 2.19. The Labute approximate surface area is 73.6 Å². The van der Waals surface area contributed by atoms with E-state index in [9.17, 15) is 0 Å². The van der Waals surface area contributed by atoms with E-state index in [1.807, 2.05) is 18.2 Å². The van der Waals surface area contributed by atoms with Crippen LogP contribution in [0.1, 0.15) is 5.69 Å². The molecule has 1 nitrogen and oxygen atoms in total. The SMILES string of the molecule is [CH2]c1cc2cc(Br)ccc2[nH]1. The lowest BCUT2D eigenvalue weighted by Gasteiger charge is -1.89. The van der Waals surface area contributed by atoms with E-state index in [2.05, 4.69) is 33.9 Å². The fourth-order valence-electron chi connectivity index (χ4n) is 1.16. The maximum absolute atomic E-state index is 3.82. The van der Waals surface area contributed by atoms with Gasteiger partial charge in [-0.05, 0) is 31.2 Å². The van der Waals surface area contributed by atoms with Gasteiger partial charge in [0.25, 0.3) is 0 Å². The van der Waals surface area contributed by atoms with Crippen molar-refractivity contribution >= 4 is 26.8 Å². The molecule has 1 N–H and O–H groups in total. The third kappa shape index (κ3) is 1.18. The predicted octanol–water partition coefficient (Wildman–Crippen LogP) is 3.11. The summed E-state index contributed by atoms with van der Waals surface area (Å²) in [5.41, 5.74) is 2.09.